The average molecular weight is 306 g/mol. The third-order valence-electron chi connectivity index (χ3n) is 3.84. The predicted octanol–water partition coefficient (Wildman–Crippen LogP) is 2.50. The van der Waals surface area contributed by atoms with Crippen molar-refractivity contribution in [2.24, 2.45) is 0 Å². The maximum atomic E-state index is 11.7. The molecule has 0 spiro atoms. The van der Waals surface area contributed by atoms with Crippen LogP contribution in [-0.4, -0.2) is 44.9 Å². The molecule has 1 heterocycles. The highest BCUT2D eigenvalue weighted by molar-refractivity contribution is 5.79. The first-order valence-corrected chi connectivity index (χ1v) is 7.90. The third kappa shape index (κ3) is 3.91. The Balaban J connectivity index is 2.13. The lowest BCUT2D eigenvalue weighted by molar-refractivity contribution is -0.143. The summed E-state index contributed by atoms with van der Waals surface area (Å²) in [4.78, 5) is 14.1. The summed E-state index contributed by atoms with van der Waals surface area (Å²) in [6.07, 6.45) is 0. The molecule has 1 aromatic carbocycles. The molecule has 0 amide bonds. The van der Waals surface area contributed by atoms with E-state index in [4.69, 9.17) is 9.47 Å². The van der Waals surface area contributed by atoms with Gasteiger partial charge in [-0.05, 0) is 51.0 Å². The number of nitrogens with zero attached hydrogens (tertiary/aromatic N) is 1. The molecule has 1 N–H and O–H groups in total. The van der Waals surface area contributed by atoms with Crippen LogP contribution in [0.5, 0.6) is 0 Å². The van der Waals surface area contributed by atoms with Gasteiger partial charge in [0.2, 0.25) is 0 Å². The summed E-state index contributed by atoms with van der Waals surface area (Å²) in [6, 6.07) is 3.83. The van der Waals surface area contributed by atoms with Crippen LogP contribution in [-0.2, 0) is 14.3 Å². The van der Waals surface area contributed by atoms with Gasteiger partial charge < -0.3 is 19.7 Å². The summed E-state index contributed by atoms with van der Waals surface area (Å²) in [5.74, 6) is -0.227. The fraction of sp³-hybridized carbons (Fsp3) is 0.588. The Kier molecular flexibility index (Phi) is 5.66. The van der Waals surface area contributed by atoms with Gasteiger partial charge in [-0.3, -0.25) is 0 Å². The van der Waals surface area contributed by atoms with Gasteiger partial charge in [0.05, 0.1) is 19.8 Å². The Hall–Kier alpha value is -1.75. The van der Waals surface area contributed by atoms with Crippen molar-refractivity contribution in [3.8, 4) is 0 Å². The predicted molar refractivity (Wildman–Crippen MR) is 88.7 cm³/mol. The van der Waals surface area contributed by atoms with E-state index in [1.165, 1.54) is 16.8 Å². The van der Waals surface area contributed by atoms with E-state index in [0.717, 1.165) is 32.0 Å². The molecule has 22 heavy (non-hydrogen) atoms. The van der Waals surface area contributed by atoms with E-state index < -0.39 is 0 Å². The molecule has 1 atom stereocenters. The fourth-order valence-corrected chi connectivity index (χ4v) is 2.90. The number of nitrogens with one attached hydrogen (secondary N) is 1. The van der Waals surface area contributed by atoms with E-state index in [-0.39, 0.29) is 12.0 Å². The average Bonchev–Trinajstić information content (AvgIpc) is 2.47. The molecule has 2 rings (SSSR count). The molecule has 0 unspecified atom stereocenters. The zero-order chi connectivity index (χ0) is 16.1. The van der Waals surface area contributed by atoms with E-state index in [1.807, 2.05) is 13.8 Å². The quantitative estimate of drug-likeness (QED) is 0.847. The van der Waals surface area contributed by atoms with Crippen molar-refractivity contribution in [1.82, 2.24) is 0 Å². The van der Waals surface area contributed by atoms with Crippen LogP contribution in [0.25, 0.3) is 0 Å². The van der Waals surface area contributed by atoms with E-state index in [1.54, 1.807) is 0 Å². The van der Waals surface area contributed by atoms with Crippen LogP contribution < -0.4 is 10.2 Å². The molecule has 0 aromatic heterocycles. The van der Waals surface area contributed by atoms with Crippen molar-refractivity contribution in [3.05, 3.63) is 23.3 Å². The lowest BCUT2D eigenvalue weighted by atomic mass is 10.1. The topological polar surface area (TPSA) is 50.8 Å². The lowest BCUT2D eigenvalue weighted by Gasteiger charge is -2.32. The van der Waals surface area contributed by atoms with Gasteiger partial charge in [0.1, 0.15) is 6.04 Å². The minimum atomic E-state index is -0.354. The fourth-order valence-electron chi connectivity index (χ4n) is 2.90. The maximum absolute atomic E-state index is 11.7. The first kappa shape index (κ1) is 16.6. The van der Waals surface area contributed by atoms with Gasteiger partial charge >= 0.3 is 5.97 Å². The largest absolute Gasteiger partial charge is 0.464 e. The van der Waals surface area contributed by atoms with Crippen molar-refractivity contribution >= 4 is 17.3 Å². The molecule has 0 radical (unpaired) electrons. The Morgan fingerprint density at radius 2 is 1.91 bits per heavy atom. The number of rotatable bonds is 5. The molecule has 0 saturated carbocycles. The number of morpholine rings is 1. The van der Waals surface area contributed by atoms with Crippen LogP contribution in [0, 0.1) is 13.8 Å². The Morgan fingerprint density at radius 3 is 2.45 bits per heavy atom. The number of ether oxygens (including phenoxy) is 2. The summed E-state index contributed by atoms with van der Waals surface area (Å²) >= 11 is 0. The van der Waals surface area contributed by atoms with Gasteiger partial charge in [0.15, 0.2) is 0 Å². The first-order valence-electron chi connectivity index (χ1n) is 7.90. The lowest BCUT2D eigenvalue weighted by Crippen LogP contribution is -2.37. The van der Waals surface area contributed by atoms with Gasteiger partial charge in [-0.15, -0.1) is 0 Å². The Bertz CT molecular complexity index is 502. The summed E-state index contributed by atoms with van der Waals surface area (Å²) < 4.78 is 10.5. The number of hydrogen-bond acceptors (Lipinski definition) is 5. The number of carbonyl (C=O) groups is 1. The van der Waals surface area contributed by atoms with Gasteiger partial charge in [-0.2, -0.15) is 0 Å². The SMILES string of the molecule is CCOC(=O)[C@H](C)Nc1cc(C)c(N2CCOCC2)c(C)c1. The van der Waals surface area contributed by atoms with Crippen molar-refractivity contribution in [2.45, 2.75) is 33.7 Å². The molecule has 1 aliphatic heterocycles. The number of aryl methyl sites for hydroxylation is 2. The van der Waals surface area contributed by atoms with E-state index in [2.05, 4.69) is 36.2 Å². The Morgan fingerprint density at radius 1 is 1.32 bits per heavy atom. The molecular weight excluding hydrogens is 280 g/mol. The summed E-state index contributed by atoms with van der Waals surface area (Å²) in [5, 5.41) is 3.22. The van der Waals surface area contributed by atoms with Crippen LogP contribution in [0.15, 0.2) is 12.1 Å². The van der Waals surface area contributed by atoms with Gasteiger partial charge in [0, 0.05) is 24.5 Å². The molecule has 0 bridgehead atoms. The minimum absolute atomic E-state index is 0.227. The molecule has 122 valence electrons. The van der Waals surface area contributed by atoms with Gasteiger partial charge in [-0.25, -0.2) is 4.79 Å². The second-order valence-corrected chi connectivity index (χ2v) is 5.68. The number of benzene rings is 1. The smallest absolute Gasteiger partial charge is 0.328 e. The number of carbonyl (C=O) groups excluding carboxylic acids is 1. The van der Waals surface area contributed by atoms with Crippen LogP contribution in [0.2, 0.25) is 0 Å². The highest BCUT2D eigenvalue weighted by Crippen LogP contribution is 2.29. The number of esters is 1. The Labute approximate surface area is 132 Å². The summed E-state index contributed by atoms with van der Waals surface area (Å²) in [5.41, 5.74) is 4.64. The molecule has 5 nitrogen and oxygen atoms in total. The van der Waals surface area contributed by atoms with Crippen molar-refractivity contribution < 1.29 is 14.3 Å². The third-order valence-corrected chi connectivity index (χ3v) is 3.84. The number of anilines is 2. The van der Waals surface area contributed by atoms with Crippen LogP contribution in [0.3, 0.4) is 0 Å². The van der Waals surface area contributed by atoms with E-state index >= 15 is 0 Å². The summed E-state index contributed by atoms with van der Waals surface area (Å²) in [6.45, 7) is 11.7. The second kappa shape index (κ2) is 7.49. The standard InChI is InChI=1S/C17H26N2O3/c1-5-22-17(20)14(4)18-15-10-12(2)16(13(3)11-15)19-6-8-21-9-7-19/h10-11,14,18H,5-9H2,1-4H3/t14-/m0/s1. The van der Waals surface area contributed by atoms with E-state index in [9.17, 15) is 4.79 Å². The monoisotopic (exact) mass is 306 g/mol. The maximum Gasteiger partial charge on any atom is 0.328 e. The van der Waals surface area contributed by atoms with Crippen molar-refractivity contribution in [1.29, 1.82) is 0 Å². The van der Waals surface area contributed by atoms with Gasteiger partial charge in [0.25, 0.3) is 0 Å². The zero-order valence-electron chi connectivity index (χ0n) is 13.9. The minimum Gasteiger partial charge on any atom is -0.464 e. The van der Waals surface area contributed by atoms with Crippen LogP contribution in [0.1, 0.15) is 25.0 Å². The van der Waals surface area contributed by atoms with Gasteiger partial charge in [-0.1, -0.05) is 0 Å². The molecule has 5 heteroatoms. The summed E-state index contributed by atoms with van der Waals surface area (Å²) in [7, 11) is 0. The zero-order valence-corrected chi connectivity index (χ0v) is 13.9. The number of hydrogen-bond donors (Lipinski definition) is 1. The molecule has 1 saturated heterocycles. The molecule has 0 aliphatic carbocycles. The molecule has 1 fully saturated rings. The van der Waals surface area contributed by atoms with Crippen molar-refractivity contribution in [3.63, 3.8) is 0 Å². The van der Waals surface area contributed by atoms with Crippen molar-refractivity contribution in [2.75, 3.05) is 43.1 Å². The van der Waals surface area contributed by atoms with Crippen LogP contribution >= 0.6 is 0 Å². The highest BCUT2D eigenvalue weighted by Gasteiger charge is 2.18. The molecule has 1 aliphatic rings. The normalized spacial score (nSPS) is 16.3. The molecule has 1 aromatic rings. The van der Waals surface area contributed by atoms with Crippen LogP contribution in [0.4, 0.5) is 11.4 Å². The highest BCUT2D eigenvalue weighted by atomic mass is 16.5. The van der Waals surface area contributed by atoms with E-state index in [0.29, 0.717) is 6.61 Å². The second-order valence-electron chi connectivity index (χ2n) is 5.68. The molecular formula is C17H26N2O3. The first-order chi connectivity index (χ1) is 10.5.